The van der Waals surface area contributed by atoms with Gasteiger partial charge in [-0.3, -0.25) is 9.69 Å². The third-order valence-corrected chi connectivity index (χ3v) is 6.03. The van der Waals surface area contributed by atoms with Crippen LogP contribution in [0.3, 0.4) is 0 Å². The number of nitrogens with one attached hydrogen (secondary N) is 1. The number of amides is 1. The molecule has 0 aliphatic carbocycles. The zero-order chi connectivity index (χ0) is 20.6. The molecule has 0 spiro atoms. The summed E-state index contributed by atoms with van der Waals surface area (Å²) in [4.78, 5) is 14.9. The topological polar surface area (TPSA) is 41.6 Å². The Morgan fingerprint density at radius 3 is 2.48 bits per heavy atom. The summed E-state index contributed by atoms with van der Waals surface area (Å²) in [5.74, 6) is 0.605. The summed E-state index contributed by atoms with van der Waals surface area (Å²) in [7, 11) is 0. The van der Waals surface area contributed by atoms with E-state index in [0.717, 1.165) is 35.0 Å². The first-order chi connectivity index (χ1) is 14.0. The number of nitrogens with zero attached hydrogens (tertiary/aromatic N) is 1. The van der Waals surface area contributed by atoms with Gasteiger partial charge in [0, 0.05) is 11.6 Å². The molecule has 1 heterocycles. The minimum atomic E-state index is -0.116. The van der Waals surface area contributed by atoms with E-state index in [4.69, 9.17) is 16.3 Å². The molecule has 1 amide bonds. The Morgan fingerprint density at radius 1 is 1.07 bits per heavy atom. The summed E-state index contributed by atoms with van der Waals surface area (Å²) in [6.45, 7) is 6.70. The van der Waals surface area contributed by atoms with Crippen molar-refractivity contribution in [1.82, 2.24) is 10.2 Å². The Balaban J connectivity index is 1.62. The summed E-state index contributed by atoms with van der Waals surface area (Å²) < 4.78 is 5.68. The summed E-state index contributed by atoms with van der Waals surface area (Å²) in [5, 5.41) is 3.81. The van der Waals surface area contributed by atoms with Crippen LogP contribution in [0.2, 0.25) is 5.02 Å². The Kier molecular flexibility index (Phi) is 7.96. The van der Waals surface area contributed by atoms with Gasteiger partial charge in [-0.25, -0.2) is 0 Å². The van der Waals surface area contributed by atoms with Gasteiger partial charge >= 0.3 is 0 Å². The zero-order valence-corrected chi connectivity index (χ0v) is 18.2. The molecule has 0 aromatic heterocycles. The third-order valence-electron chi connectivity index (χ3n) is 5.69. The molecule has 0 saturated carbocycles. The molecule has 2 aromatic rings. The Hall–Kier alpha value is -2.04. The van der Waals surface area contributed by atoms with E-state index in [1.54, 1.807) is 0 Å². The second-order valence-electron chi connectivity index (χ2n) is 7.83. The molecule has 1 atom stereocenters. The van der Waals surface area contributed by atoms with E-state index in [-0.39, 0.29) is 18.6 Å². The molecule has 3 rings (SSSR count). The Bertz CT molecular complexity index is 816. The number of carbonyl (C=O) groups is 1. The van der Waals surface area contributed by atoms with Crippen molar-refractivity contribution in [1.29, 1.82) is 0 Å². The molecule has 1 aliphatic rings. The number of ether oxygens (including phenoxy) is 1. The van der Waals surface area contributed by atoms with Crippen LogP contribution in [0.5, 0.6) is 5.75 Å². The van der Waals surface area contributed by atoms with E-state index in [1.165, 1.54) is 31.2 Å². The highest BCUT2D eigenvalue weighted by atomic mass is 35.5. The number of hydrogen-bond donors (Lipinski definition) is 1. The van der Waals surface area contributed by atoms with Crippen molar-refractivity contribution in [2.24, 2.45) is 0 Å². The smallest absolute Gasteiger partial charge is 0.258 e. The lowest BCUT2D eigenvalue weighted by atomic mass is 10.0. The monoisotopic (exact) mass is 414 g/mol. The van der Waals surface area contributed by atoms with Crippen LogP contribution in [-0.2, 0) is 4.79 Å². The van der Waals surface area contributed by atoms with Gasteiger partial charge in [0.25, 0.3) is 5.91 Å². The number of halogens is 1. The molecule has 5 heteroatoms. The van der Waals surface area contributed by atoms with Crippen molar-refractivity contribution < 1.29 is 9.53 Å². The summed E-state index contributed by atoms with van der Waals surface area (Å²) in [6, 6.07) is 13.9. The first-order valence-corrected chi connectivity index (χ1v) is 10.9. The lowest BCUT2D eigenvalue weighted by Gasteiger charge is -2.31. The van der Waals surface area contributed by atoms with E-state index in [9.17, 15) is 4.79 Å². The van der Waals surface area contributed by atoms with Crippen molar-refractivity contribution in [3.8, 4) is 5.75 Å². The first kappa shape index (κ1) is 21.7. The molecule has 4 nitrogen and oxygen atoms in total. The largest absolute Gasteiger partial charge is 0.484 e. The van der Waals surface area contributed by atoms with Crippen LogP contribution >= 0.6 is 11.6 Å². The first-order valence-electron chi connectivity index (χ1n) is 10.5. The second-order valence-corrected chi connectivity index (χ2v) is 8.23. The fourth-order valence-corrected chi connectivity index (χ4v) is 4.06. The van der Waals surface area contributed by atoms with Gasteiger partial charge in [0.05, 0.1) is 6.04 Å². The number of likely N-dealkylation sites (tertiary alicyclic amines) is 1. The van der Waals surface area contributed by atoms with E-state index in [1.807, 2.05) is 43.3 Å². The maximum atomic E-state index is 12.5. The molecular weight excluding hydrogens is 384 g/mol. The lowest BCUT2D eigenvalue weighted by Crippen LogP contribution is -2.40. The number of benzene rings is 2. The highest BCUT2D eigenvalue weighted by Gasteiger charge is 2.24. The quantitative estimate of drug-likeness (QED) is 0.687. The SMILES string of the molecule is Cc1ccc(OCC(=O)NCC(c2ccccc2Cl)N2CCCCCC2)cc1C. The number of rotatable bonds is 7. The molecule has 29 heavy (non-hydrogen) atoms. The van der Waals surface area contributed by atoms with Gasteiger partial charge in [-0.15, -0.1) is 0 Å². The highest BCUT2D eigenvalue weighted by Crippen LogP contribution is 2.29. The summed E-state index contributed by atoms with van der Waals surface area (Å²) in [6.07, 6.45) is 4.90. The van der Waals surface area contributed by atoms with Gasteiger partial charge in [0.15, 0.2) is 6.61 Å². The molecule has 1 unspecified atom stereocenters. The van der Waals surface area contributed by atoms with Crippen LogP contribution < -0.4 is 10.1 Å². The van der Waals surface area contributed by atoms with Crippen LogP contribution in [0, 0.1) is 13.8 Å². The van der Waals surface area contributed by atoms with Crippen LogP contribution in [0.4, 0.5) is 0 Å². The van der Waals surface area contributed by atoms with Crippen molar-refractivity contribution in [3.63, 3.8) is 0 Å². The van der Waals surface area contributed by atoms with Crippen LogP contribution in [-0.4, -0.2) is 37.0 Å². The standard InChI is InChI=1S/C24H31ClN2O2/c1-18-11-12-20(15-19(18)2)29-17-24(28)26-16-23(21-9-5-6-10-22(21)25)27-13-7-3-4-8-14-27/h5-6,9-12,15,23H,3-4,7-8,13-14,16-17H2,1-2H3,(H,26,28). The van der Waals surface area contributed by atoms with Crippen LogP contribution in [0.15, 0.2) is 42.5 Å². The molecule has 1 fully saturated rings. The molecule has 0 radical (unpaired) electrons. The van der Waals surface area contributed by atoms with Crippen molar-refractivity contribution in [2.45, 2.75) is 45.6 Å². The second kappa shape index (κ2) is 10.7. The maximum absolute atomic E-state index is 12.5. The minimum absolute atomic E-state index is 0.0116. The zero-order valence-electron chi connectivity index (χ0n) is 17.4. The molecule has 0 bridgehead atoms. The Morgan fingerprint density at radius 2 is 1.79 bits per heavy atom. The van der Waals surface area contributed by atoms with E-state index < -0.39 is 0 Å². The summed E-state index contributed by atoms with van der Waals surface area (Å²) in [5.41, 5.74) is 3.44. The molecular formula is C24H31ClN2O2. The lowest BCUT2D eigenvalue weighted by molar-refractivity contribution is -0.123. The molecule has 1 N–H and O–H groups in total. The predicted octanol–water partition coefficient (Wildman–Crippen LogP) is 5.07. The van der Waals surface area contributed by atoms with E-state index >= 15 is 0 Å². The fourth-order valence-electron chi connectivity index (χ4n) is 3.80. The number of aryl methyl sites for hydroxylation is 2. The highest BCUT2D eigenvalue weighted by molar-refractivity contribution is 6.31. The Labute approximate surface area is 179 Å². The van der Waals surface area contributed by atoms with Gasteiger partial charge in [-0.1, -0.05) is 48.7 Å². The van der Waals surface area contributed by atoms with Crippen molar-refractivity contribution in [2.75, 3.05) is 26.2 Å². The van der Waals surface area contributed by atoms with Crippen LogP contribution in [0.25, 0.3) is 0 Å². The number of carbonyl (C=O) groups excluding carboxylic acids is 1. The van der Waals surface area contributed by atoms with E-state index in [2.05, 4.69) is 23.2 Å². The molecule has 2 aromatic carbocycles. The number of hydrogen-bond acceptors (Lipinski definition) is 3. The van der Waals surface area contributed by atoms with Gasteiger partial charge in [-0.05, 0) is 74.7 Å². The average Bonchev–Trinajstić information content (AvgIpc) is 3.00. The fraction of sp³-hybridized carbons (Fsp3) is 0.458. The van der Waals surface area contributed by atoms with Crippen molar-refractivity contribution >= 4 is 17.5 Å². The van der Waals surface area contributed by atoms with Gasteiger partial charge in [0.2, 0.25) is 0 Å². The van der Waals surface area contributed by atoms with Gasteiger partial charge in [0.1, 0.15) is 5.75 Å². The molecule has 1 aliphatic heterocycles. The van der Waals surface area contributed by atoms with Gasteiger partial charge < -0.3 is 10.1 Å². The molecule has 1 saturated heterocycles. The minimum Gasteiger partial charge on any atom is -0.484 e. The summed E-state index contributed by atoms with van der Waals surface area (Å²) >= 11 is 6.50. The van der Waals surface area contributed by atoms with Crippen molar-refractivity contribution in [3.05, 3.63) is 64.2 Å². The molecule has 156 valence electrons. The van der Waals surface area contributed by atoms with Crippen LogP contribution in [0.1, 0.15) is 48.4 Å². The third kappa shape index (κ3) is 6.22. The average molecular weight is 415 g/mol. The normalized spacial score (nSPS) is 16.1. The van der Waals surface area contributed by atoms with Gasteiger partial charge in [-0.2, -0.15) is 0 Å². The predicted molar refractivity (Wildman–Crippen MR) is 119 cm³/mol. The maximum Gasteiger partial charge on any atom is 0.258 e. The van der Waals surface area contributed by atoms with E-state index in [0.29, 0.717) is 6.54 Å².